The van der Waals surface area contributed by atoms with Crippen molar-refractivity contribution in [2.24, 2.45) is 0 Å². The van der Waals surface area contributed by atoms with E-state index >= 15 is 0 Å². The molecule has 0 aliphatic carbocycles. The monoisotopic (exact) mass is 230 g/mol. The molecule has 0 aliphatic heterocycles. The molecule has 17 heavy (non-hydrogen) atoms. The third-order valence-corrected chi connectivity index (χ3v) is 2.56. The number of phenols is 2. The quantitative estimate of drug-likeness (QED) is 0.597. The van der Waals surface area contributed by atoms with Crippen molar-refractivity contribution in [2.75, 3.05) is 18.1 Å². The molecule has 2 aromatic rings. The fourth-order valence-corrected chi connectivity index (χ4v) is 1.71. The molecule has 0 aliphatic rings. The number of rotatable bonds is 2. The van der Waals surface area contributed by atoms with E-state index in [-0.39, 0.29) is 11.5 Å². The van der Waals surface area contributed by atoms with E-state index in [1.807, 2.05) is 19.2 Å². The summed E-state index contributed by atoms with van der Waals surface area (Å²) in [5, 5.41) is 21.9. The van der Waals surface area contributed by atoms with Gasteiger partial charge in [0.1, 0.15) is 11.5 Å². The molecule has 0 radical (unpaired) electrons. The van der Waals surface area contributed by atoms with Gasteiger partial charge in [0, 0.05) is 30.1 Å². The van der Waals surface area contributed by atoms with E-state index in [1.54, 1.807) is 18.2 Å². The minimum atomic E-state index is 0.00857. The van der Waals surface area contributed by atoms with Crippen molar-refractivity contribution in [2.45, 2.75) is 0 Å². The zero-order chi connectivity index (χ0) is 12.4. The highest BCUT2D eigenvalue weighted by Crippen LogP contribution is 2.33. The second-order valence-electron chi connectivity index (χ2n) is 3.79. The molecular formula is C13H14N2O2. The van der Waals surface area contributed by atoms with Crippen LogP contribution in [0.15, 0.2) is 36.4 Å². The normalized spacial score (nSPS) is 10.2. The molecule has 0 fully saturated rings. The van der Waals surface area contributed by atoms with E-state index in [9.17, 15) is 10.2 Å². The van der Waals surface area contributed by atoms with E-state index in [2.05, 4.69) is 5.32 Å². The Bertz CT molecular complexity index is 533. The molecule has 2 aromatic carbocycles. The second-order valence-corrected chi connectivity index (χ2v) is 3.79. The summed E-state index contributed by atoms with van der Waals surface area (Å²) in [5.41, 5.74) is 8.84. The average molecular weight is 230 g/mol. The van der Waals surface area contributed by atoms with Gasteiger partial charge in [-0.05, 0) is 35.9 Å². The number of benzene rings is 2. The minimum Gasteiger partial charge on any atom is -0.508 e. The summed E-state index contributed by atoms with van der Waals surface area (Å²) >= 11 is 0. The summed E-state index contributed by atoms with van der Waals surface area (Å²) in [5.74, 6) is 0.0171. The molecule has 2 rings (SSSR count). The molecule has 5 N–H and O–H groups in total. The number of anilines is 2. The van der Waals surface area contributed by atoms with Crippen LogP contribution in [0.1, 0.15) is 0 Å². The fourth-order valence-electron chi connectivity index (χ4n) is 1.71. The van der Waals surface area contributed by atoms with Crippen LogP contribution in [0, 0.1) is 0 Å². The first-order valence-electron chi connectivity index (χ1n) is 5.21. The van der Waals surface area contributed by atoms with Crippen molar-refractivity contribution >= 4 is 11.4 Å². The predicted octanol–water partition coefficient (Wildman–Crippen LogP) is 2.39. The van der Waals surface area contributed by atoms with E-state index in [0.717, 1.165) is 11.3 Å². The number of hydrogen-bond acceptors (Lipinski definition) is 4. The van der Waals surface area contributed by atoms with Crippen LogP contribution in [0.4, 0.5) is 11.4 Å². The number of nitrogens with two attached hydrogens (primary N) is 1. The molecule has 88 valence electrons. The molecule has 4 nitrogen and oxygen atoms in total. The first-order valence-corrected chi connectivity index (χ1v) is 5.21. The first-order chi connectivity index (χ1) is 8.10. The molecule has 0 unspecified atom stereocenters. The van der Waals surface area contributed by atoms with Gasteiger partial charge in [-0.1, -0.05) is 0 Å². The lowest BCUT2D eigenvalue weighted by molar-refractivity contribution is 0.451. The third kappa shape index (κ3) is 2.25. The van der Waals surface area contributed by atoms with Gasteiger partial charge in [0.25, 0.3) is 0 Å². The molecular weight excluding hydrogens is 216 g/mol. The van der Waals surface area contributed by atoms with E-state index in [1.165, 1.54) is 6.07 Å². The Balaban J connectivity index is 2.58. The molecule has 0 bridgehead atoms. The minimum absolute atomic E-state index is 0.00857. The van der Waals surface area contributed by atoms with Crippen LogP contribution in [-0.4, -0.2) is 17.3 Å². The maximum atomic E-state index is 9.46. The molecule has 0 saturated carbocycles. The van der Waals surface area contributed by atoms with Crippen molar-refractivity contribution in [3.63, 3.8) is 0 Å². The molecule has 0 atom stereocenters. The summed E-state index contributed by atoms with van der Waals surface area (Å²) in [7, 11) is 1.81. The van der Waals surface area contributed by atoms with Crippen LogP contribution in [0.3, 0.4) is 0 Å². The topological polar surface area (TPSA) is 78.5 Å². The third-order valence-electron chi connectivity index (χ3n) is 2.56. The highest BCUT2D eigenvalue weighted by molar-refractivity contribution is 5.80. The summed E-state index contributed by atoms with van der Waals surface area (Å²) in [6.45, 7) is 0. The smallest absolute Gasteiger partial charge is 0.119 e. The second kappa shape index (κ2) is 4.25. The Morgan fingerprint density at radius 1 is 1.00 bits per heavy atom. The average Bonchev–Trinajstić information content (AvgIpc) is 2.28. The summed E-state index contributed by atoms with van der Waals surface area (Å²) in [6.07, 6.45) is 0. The van der Waals surface area contributed by atoms with Crippen LogP contribution < -0.4 is 11.1 Å². The van der Waals surface area contributed by atoms with Crippen LogP contribution in [0.5, 0.6) is 11.5 Å². The fraction of sp³-hybridized carbons (Fsp3) is 0.0769. The van der Waals surface area contributed by atoms with Crippen molar-refractivity contribution in [3.05, 3.63) is 36.4 Å². The van der Waals surface area contributed by atoms with E-state index in [4.69, 9.17) is 5.73 Å². The Hall–Kier alpha value is -2.36. The van der Waals surface area contributed by atoms with Crippen LogP contribution in [0.25, 0.3) is 11.1 Å². The predicted molar refractivity (Wildman–Crippen MR) is 69.2 cm³/mol. The molecule has 0 amide bonds. The highest BCUT2D eigenvalue weighted by Gasteiger charge is 2.06. The number of nitrogens with one attached hydrogen (secondary N) is 1. The van der Waals surface area contributed by atoms with Crippen molar-refractivity contribution in [3.8, 4) is 22.6 Å². The SMILES string of the molecule is CNc1ccc(N)c(-c2cc(O)cc(O)c2)c1. The largest absolute Gasteiger partial charge is 0.508 e. The van der Waals surface area contributed by atoms with Crippen molar-refractivity contribution in [1.29, 1.82) is 0 Å². The summed E-state index contributed by atoms with van der Waals surface area (Å²) < 4.78 is 0. The lowest BCUT2D eigenvalue weighted by atomic mass is 10.0. The Morgan fingerprint density at radius 3 is 2.24 bits per heavy atom. The van der Waals surface area contributed by atoms with Gasteiger partial charge in [0.15, 0.2) is 0 Å². The Labute approximate surface area is 99.3 Å². The van der Waals surface area contributed by atoms with E-state index in [0.29, 0.717) is 11.3 Å². The molecule has 0 saturated heterocycles. The van der Waals surface area contributed by atoms with Crippen LogP contribution >= 0.6 is 0 Å². The maximum absolute atomic E-state index is 9.46. The lowest BCUT2D eigenvalue weighted by Crippen LogP contribution is -1.93. The van der Waals surface area contributed by atoms with Crippen LogP contribution in [-0.2, 0) is 0 Å². The van der Waals surface area contributed by atoms with Gasteiger partial charge in [-0.2, -0.15) is 0 Å². The first kappa shape index (κ1) is 11.1. The van der Waals surface area contributed by atoms with Gasteiger partial charge in [-0.3, -0.25) is 0 Å². The number of nitrogen functional groups attached to an aromatic ring is 1. The van der Waals surface area contributed by atoms with Gasteiger partial charge >= 0.3 is 0 Å². The van der Waals surface area contributed by atoms with Gasteiger partial charge in [0.05, 0.1) is 0 Å². The molecule has 0 heterocycles. The van der Waals surface area contributed by atoms with Gasteiger partial charge in [-0.15, -0.1) is 0 Å². The maximum Gasteiger partial charge on any atom is 0.119 e. The molecule has 4 heteroatoms. The summed E-state index contributed by atoms with van der Waals surface area (Å²) in [4.78, 5) is 0. The Morgan fingerprint density at radius 2 is 1.65 bits per heavy atom. The zero-order valence-electron chi connectivity index (χ0n) is 9.44. The number of phenolic OH excluding ortho intramolecular Hbond substituents is 2. The zero-order valence-corrected chi connectivity index (χ0v) is 9.44. The molecule has 0 spiro atoms. The van der Waals surface area contributed by atoms with Crippen LogP contribution in [0.2, 0.25) is 0 Å². The van der Waals surface area contributed by atoms with Gasteiger partial charge in [-0.25, -0.2) is 0 Å². The van der Waals surface area contributed by atoms with Gasteiger partial charge < -0.3 is 21.3 Å². The summed E-state index contributed by atoms with van der Waals surface area (Å²) in [6, 6.07) is 9.91. The highest BCUT2D eigenvalue weighted by atomic mass is 16.3. The van der Waals surface area contributed by atoms with Gasteiger partial charge in [0.2, 0.25) is 0 Å². The van der Waals surface area contributed by atoms with Crippen molar-refractivity contribution in [1.82, 2.24) is 0 Å². The Kier molecular flexibility index (Phi) is 2.78. The number of hydrogen-bond donors (Lipinski definition) is 4. The standard InChI is InChI=1S/C13H14N2O2/c1-15-9-2-3-13(14)12(6-9)8-4-10(16)7-11(17)5-8/h2-7,15-17H,14H2,1H3. The molecule has 0 aromatic heterocycles. The lowest BCUT2D eigenvalue weighted by Gasteiger charge is -2.09. The van der Waals surface area contributed by atoms with Crippen molar-refractivity contribution < 1.29 is 10.2 Å². The number of aromatic hydroxyl groups is 2. The van der Waals surface area contributed by atoms with E-state index < -0.39 is 0 Å².